The van der Waals surface area contributed by atoms with Crippen molar-refractivity contribution in [3.05, 3.63) is 52.7 Å². The maximum Gasteiger partial charge on any atom is 0.169 e. The van der Waals surface area contributed by atoms with E-state index in [2.05, 4.69) is 21.3 Å². The van der Waals surface area contributed by atoms with Crippen molar-refractivity contribution in [2.24, 2.45) is 0 Å². The molecule has 0 N–H and O–H groups in total. The first-order valence-corrected chi connectivity index (χ1v) is 9.99. The van der Waals surface area contributed by atoms with Crippen LogP contribution in [0.1, 0.15) is 16.8 Å². The number of rotatable bonds is 6. The van der Waals surface area contributed by atoms with Crippen molar-refractivity contribution in [2.45, 2.75) is 19.5 Å². The fourth-order valence-corrected chi connectivity index (χ4v) is 4.16. The molecule has 0 unspecified atom stereocenters. The van der Waals surface area contributed by atoms with Gasteiger partial charge in [0.1, 0.15) is 5.75 Å². The molecule has 0 saturated carbocycles. The van der Waals surface area contributed by atoms with Gasteiger partial charge < -0.3 is 14.2 Å². The lowest BCUT2D eigenvalue weighted by Gasteiger charge is -2.28. The van der Waals surface area contributed by atoms with Gasteiger partial charge in [0, 0.05) is 49.4 Å². The Bertz CT molecular complexity index is 960. The van der Waals surface area contributed by atoms with Gasteiger partial charge in [-0.15, -0.1) is 11.3 Å². The van der Waals surface area contributed by atoms with E-state index in [0.29, 0.717) is 11.5 Å². The molecule has 3 heterocycles. The predicted molar refractivity (Wildman–Crippen MR) is 109 cm³/mol. The molecule has 0 radical (unpaired) electrons. The average Bonchev–Trinajstić information content (AvgIpc) is 3.28. The van der Waals surface area contributed by atoms with E-state index in [4.69, 9.17) is 19.2 Å². The lowest BCUT2D eigenvalue weighted by atomic mass is 10.1. The molecule has 6 nitrogen and oxygen atoms in total. The molecule has 0 amide bonds. The number of benzene rings is 1. The average molecular weight is 398 g/mol. The van der Waals surface area contributed by atoms with Crippen molar-refractivity contribution >= 4 is 11.3 Å². The van der Waals surface area contributed by atoms with Gasteiger partial charge in [-0.1, -0.05) is 6.07 Å². The Morgan fingerprint density at radius 1 is 1.07 bits per heavy atom. The number of aromatic nitrogens is 2. The third-order valence-corrected chi connectivity index (χ3v) is 5.80. The lowest BCUT2D eigenvalue weighted by Crippen LogP contribution is -2.31. The van der Waals surface area contributed by atoms with Crippen LogP contribution in [0, 0.1) is 0 Å². The number of fused-ring (bicyclic) bond motifs is 1. The van der Waals surface area contributed by atoms with Crippen LogP contribution in [0.25, 0.3) is 10.7 Å². The van der Waals surface area contributed by atoms with E-state index in [1.807, 2.05) is 24.4 Å². The second-order valence-corrected chi connectivity index (χ2v) is 7.57. The van der Waals surface area contributed by atoms with Crippen LogP contribution in [0.3, 0.4) is 0 Å². The van der Waals surface area contributed by atoms with Crippen LogP contribution in [0.15, 0.2) is 35.8 Å². The quantitative estimate of drug-likeness (QED) is 0.631. The van der Waals surface area contributed by atoms with Gasteiger partial charge in [0.15, 0.2) is 17.3 Å². The zero-order valence-corrected chi connectivity index (χ0v) is 17.1. The number of hydrogen-bond acceptors (Lipinski definition) is 7. The summed E-state index contributed by atoms with van der Waals surface area (Å²) in [6.45, 7) is 2.51. The van der Waals surface area contributed by atoms with E-state index in [-0.39, 0.29) is 0 Å². The van der Waals surface area contributed by atoms with Gasteiger partial charge in [0.2, 0.25) is 0 Å². The Balaban J connectivity index is 1.54. The highest BCUT2D eigenvalue weighted by Gasteiger charge is 2.21. The van der Waals surface area contributed by atoms with Crippen LogP contribution in [0.5, 0.6) is 17.2 Å². The van der Waals surface area contributed by atoms with Crippen molar-refractivity contribution in [1.82, 2.24) is 14.9 Å². The molecule has 3 aromatic rings. The van der Waals surface area contributed by atoms with E-state index < -0.39 is 0 Å². The minimum absolute atomic E-state index is 0.668. The minimum Gasteiger partial charge on any atom is -0.496 e. The normalized spacial score (nSPS) is 13.8. The summed E-state index contributed by atoms with van der Waals surface area (Å²) in [5.41, 5.74) is 3.40. The zero-order chi connectivity index (χ0) is 19.5. The van der Waals surface area contributed by atoms with Crippen molar-refractivity contribution in [3.63, 3.8) is 0 Å². The molecule has 4 rings (SSSR count). The van der Waals surface area contributed by atoms with Crippen molar-refractivity contribution in [2.75, 3.05) is 27.9 Å². The Kier molecular flexibility index (Phi) is 5.45. The molecule has 1 aliphatic heterocycles. The Hall–Kier alpha value is -2.64. The molecule has 0 fully saturated rings. The lowest BCUT2D eigenvalue weighted by molar-refractivity contribution is 0.238. The molecule has 0 saturated heterocycles. The van der Waals surface area contributed by atoms with E-state index in [9.17, 15) is 0 Å². The first-order chi connectivity index (χ1) is 13.7. The molecule has 1 aromatic carbocycles. The monoisotopic (exact) mass is 397 g/mol. The Labute approximate surface area is 168 Å². The van der Waals surface area contributed by atoms with E-state index in [1.54, 1.807) is 32.7 Å². The van der Waals surface area contributed by atoms with Crippen molar-refractivity contribution in [3.8, 4) is 28.0 Å². The Morgan fingerprint density at radius 3 is 2.57 bits per heavy atom. The standard InChI is InChI=1S/C21H23N3O3S/c1-25-17-10-19(27-3)18(26-2)9-14(17)12-24-7-6-16-15(13-24)11-22-21(23-16)20-5-4-8-28-20/h4-5,8-11H,6-7,12-13H2,1-3H3. The number of thiophene rings is 1. The zero-order valence-electron chi connectivity index (χ0n) is 16.3. The summed E-state index contributed by atoms with van der Waals surface area (Å²) in [7, 11) is 4.95. The smallest absolute Gasteiger partial charge is 0.169 e. The van der Waals surface area contributed by atoms with Gasteiger partial charge in [0.25, 0.3) is 0 Å². The molecular formula is C21H23N3O3S. The summed E-state index contributed by atoms with van der Waals surface area (Å²) < 4.78 is 16.4. The molecule has 2 aromatic heterocycles. The summed E-state index contributed by atoms with van der Waals surface area (Å²) in [5.74, 6) is 3.00. The second-order valence-electron chi connectivity index (χ2n) is 6.62. The van der Waals surface area contributed by atoms with Crippen LogP contribution in [0.4, 0.5) is 0 Å². The van der Waals surface area contributed by atoms with Crippen LogP contribution < -0.4 is 14.2 Å². The number of ether oxygens (including phenoxy) is 3. The fourth-order valence-electron chi connectivity index (χ4n) is 3.49. The molecule has 0 aliphatic carbocycles. The highest BCUT2D eigenvalue weighted by Crippen LogP contribution is 2.35. The van der Waals surface area contributed by atoms with Gasteiger partial charge >= 0.3 is 0 Å². The summed E-state index contributed by atoms with van der Waals surface area (Å²) >= 11 is 1.67. The van der Waals surface area contributed by atoms with Crippen LogP contribution in [0.2, 0.25) is 0 Å². The molecule has 146 valence electrons. The summed E-state index contributed by atoms with van der Waals surface area (Å²) in [6, 6.07) is 7.96. The Morgan fingerprint density at radius 2 is 1.86 bits per heavy atom. The van der Waals surface area contributed by atoms with E-state index >= 15 is 0 Å². The maximum absolute atomic E-state index is 5.57. The molecule has 7 heteroatoms. The fraction of sp³-hybridized carbons (Fsp3) is 0.333. The van der Waals surface area contributed by atoms with E-state index in [1.165, 1.54) is 5.56 Å². The van der Waals surface area contributed by atoms with Gasteiger partial charge in [-0.25, -0.2) is 9.97 Å². The van der Waals surface area contributed by atoms with Crippen LogP contribution in [-0.4, -0.2) is 42.7 Å². The summed E-state index contributed by atoms with van der Waals surface area (Å²) in [6.07, 6.45) is 2.88. The second kappa shape index (κ2) is 8.16. The molecular weight excluding hydrogens is 374 g/mol. The minimum atomic E-state index is 0.668. The number of nitrogens with zero attached hydrogens (tertiary/aromatic N) is 3. The molecule has 0 atom stereocenters. The SMILES string of the molecule is COc1cc(OC)c(OC)cc1CN1CCc2nc(-c3cccs3)ncc2C1. The summed E-state index contributed by atoms with van der Waals surface area (Å²) in [5, 5.41) is 2.05. The molecule has 0 spiro atoms. The first kappa shape index (κ1) is 18.7. The van der Waals surface area contributed by atoms with Crippen LogP contribution >= 0.6 is 11.3 Å². The van der Waals surface area contributed by atoms with Gasteiger partial charge in [-0.05, 0) is 17.5 Å². The van der Waals surface area contributed by atoms with Crippen molar-refractivity contribution < 1.29 is 14.2 Å². The highest BCUT2D eigenvalue weighted by atomic mass is 32.1. The van der Waals surface area contributed by atoms with Gasteiger partial charge in [-0.2, -0.15) is 0 Å². The van der Waals surface area contributed by atoms with Crippen molar-refractivity contribution in [1.29, 1.82) is 0 Å². The van der Waals surface area contributed by atoms with Gasteiger partial charge in [-0.3, -0.25) is 4.90 Å². The topological polar surface area (TPSA) is 56.7 Å². The first-order valence-electron chi connectivity index (χ1n) is 9.11. The third kappa shape index (κ3) is 3.68. The van der Waals surface area contributed by atoms with Crippen LogP contribution in [-0.2, 0) is 19.5 Å². The molecule has 1 aliphatic rings. The number of hydrogen-bond donors (Lipinski definition) is 0. The molecule has 0 bridgehead atoms. The largest absolute Gasteiger partial charge is 0.496 e. The third-order valence-electron chi connectivity index (χ3n) is 4.94. The van der Waals surface area contributed by atoms with E-state index in [0.717, 1.165) is 53.8 Å². The number of methoxy groups -OCH3 is 3. The predicted octanol–water partition coefficient (Wildman–Crippen LogP) is 3.79. The summed E-state index contributed by atoms with van der Waals surface area (Å²) in [4.78, 5) is 12.9. The van der Waals surface area contributed by atoms with Gasteiger partial charge in [0.05, 0.1) is 31.9 Å². The highest BCUT2D eigenvalue weighted by molar-refractivity contribution is 7.13. The maximum atomic E-state index is 5.57. The molecule has 28 heavy (non-hydrogen) atoms.